The first kappa shape index (κ1) is 21.9. The van der Waals surface area contributed by atoms with Gasteiger partial charge in [-0.05, 0) is 64.0 Å². The summed E-state index contributed by atoms with van der Waals surface area (Å²) in [5, 5.41) is 4.60. The lowest BCUT2D eigenvalue weighted by molar-refractivity contribution is -0.134. The molecule has 2 saturated heterocycles. The number of likely N-dealkylation sites (tertiary alicyclic amines) is 1. The van der Waals surface area contributed by atoms with Crippen molar-refractivity contribution < 1.29 is 14.3 Å². The van der Waals surface area contributed by atoms with E-state index in [0.717, 1.165) is 61.1 Å². The topological polar surface area (TPSA) is 78.0 Å². The van der Waals surface area contributed by atoms with Gasteiger partial charge in [0.15, 0.2) is 0 Å². The fourth-order valence-electron chi connectivity index (χ4n) is 4.86. The van der Waals surface area contributed by atoms with Crippen LogP contribution in [0, 0.1) is 5.92 Å². The number of amides is 2. The van der Waals surface area contributed by atoms with Crippen LogP contribution in [-0.2, 0) is 4.79 Å². The number of piperazine rings is 1. The summed E-state index contributed by atoms with van der Waals surface area (Å²) in [6, 6.07) is 6.09. The molecule has 0 unspecified atom stereocenters. The first-order valence-electron chi connectivity index (χ1n) is 12.0. The summed E-state index contributed by atoms with van der Waals surface area (Å²) in [6.45, 7) is 4.39. The van der Waals surface area contributed by atoms with E-state index in [1.165, 1.54) is 0 Å². The molecule has 0 atom stereocenters. The largest absolute Gasteiger partial charge is 0.497 e. The smallest absolute Gasteiger partial charge is 0.257 e. The molecule has 3 heterocycles. The Labute approximate surface area is 194 Å². The number of rotatable bonds is 5. The predicted molar refractivity (Wildman–Crippen MR) is 128 cm³/mol. The first-order valence-corrected chi connectivity index (χ1v) is 12.0. The number of nitrogens with one attached hydrogen (secondary N) is 1. The minimum absolute atomic E-state index is 0.0267. The standard InChI is InChI=1S/C25H33N5O3/c1-28-9-7-18(8-10-28)27-23-20-15-19(33-2)5-6-22(20)26-16-21(23)25(32)30-13-11-29(12-14-30)24(31)17-3-4-17/h5-6,15-18H,3-4,7-14H2,1-2H3,(H,26,27). The molecule has 1 aromatic carbocycles. The van der Waals surface area contributed by atoms with Crippen molar-refractivity contribution in [2.45, 2.75) is 31.7 Å². The molecule has 1 aliphatic carbocycles. The van der Waals surface area contributed by atoms with Gasteiger partial charge in [0.05, 0.1) is 23.9 Å². The van der Waals surface area contributed by atoms with Gasteiger partial charge < -0.3 is 24.8 Å². The number of carbonyl (C=O) groups excluding carboxylic acids is 2. The molecule has 2 amide bonds. The fourth-order valence-corrected chi connectivity index (χ4v) is 4.86. The van der Waals surface area contributed by atoms with E-state index in [-0.39, 0.29) is 17.7 Å². The molecule has 33 heavy (non-hydrogen) atoms. The molecule has 1 N–H and O–H groups in total. The molecule has 1 saturated carbocycles. The van der Waals surface area contributed by atoms with Crippen molar-refractivity contribution in [1.82, 2.24) is 19.7 Å². The SMILES string of the molecule is COc1ccc2ncc(C(=O)N3CCN(C(=O)C4CC4)CC3)c(NC3CCN(C)CC3)c2c1. The molecule has 3 fully saturated rings. The summed E-state index contributed by atoms with van der Waals surface area (Å²) in [5.41, 5.74) is 2.27. The lowest BCUT2D eigenvalue weighted by Gasteiger charge is -2.35. The Morgan fingerprint density at radius 2 is 1.70 bits per heavy atom. The van der Waals surface area contributed by atoms with Gasteiger partial charge >= 0.3 is 0 Å². The lowest BCUT2D eigenvalue weighted by atomic mass is 10.0. The highest BCUT2D eigenvalue weighted by Crippen LogP contribution is 2.33. The number of methoxy groups -OCH3 is 1. The first-order chi connectivity index (χ1) is 16.0. The number of fused-ring (bicyclic) bond motifs is 1. The Morgan fingerprint density at radius 3 is 2.36 bits per heavy atom. The van der Waals surface area contributed by atoms with Gasteiger partial charge in [-0.15, -0.1) is 0 Å². The van der Waals surface area contributed by atoms with Gasteiger partial charge in [-0.2, -0.15) is 0 Å². The molecule has 1 aromatic heterocycles. The van der Waals surface area contributed by atoms with Crippen LogP contribution in [0.2, 0.25) is 0 Å². The number of piperidine rings is 1. The van der Waals surface area contributed by atoms with Gasteiger partial charge in [0.1, 0.15) is 5.75 Å². The molecule has 8 nitrogen and oxygen atoms in total. The summed E-state index contributed by atoms with van der Waals surface area (Å²) < 4.78 is 5.46. The molecule has 5 rings (SSSR count). The molecular weight excluding hydrogens is 418 g/mol. The second-order valence-corrected chi connectivity index (χ2v) is 9.54. The number of anilines is 1. The highest BCUT2D eigenvalue weighted by Gasteiger charge is 2.35. The summed E-state index contributed by atoms with van der Waals surface area (Å²) in [7, 11) is 3.79. The average Bonchev–Trinajstić information content (AvgIpc) is 3.70. The van der Waals surface area contributed by atoms with E-state index >= 15 is 0 Å². The van der Waals surface area contributed by atoms with E-state index in [2.05, 4.69) is 22.2 Å². The van der Waals surface area contributed by atoms with E-state index in [0.29, 0.717) is 37.8 Å². The number of hydrogen-bond donors (Lipinski definition) is 1. The summed E-state index contributed by atoms with van der Waals surface area (Å²) in [4.78, 5) is 36.7. The van der Waals surface area contributed by atoms with E-state index in [1.54, 1.807) is 13.3 Å². The molecule has 0 radical (unpaired) electrons. The number of carbonyl (C=O) groups is 2. The van der Waals surface area contributed by atoms with Crippen LogP contribution in [0.5, 0.6) is 5.75 Å². The van der Waals surface area contributed by atoms with Crippen LogP contribution in [0.25, 0.3) is 10.9 Å². The van der Waals surface area contributed by atoms with E-state index in [4.69, 9.17) is 4.74 Å². The Kier molecular flexibility index (Phi) is 6.10. The average molecular weight is 452 g/mol. The Morgan fingerprint density at radius 1 is 1.00 bits per heavy atom. The van der Waals surface area contributed by atoms with Gasteiger partial charge in [0.2, 0.25) is 5.91 Å². The van der Waals surface area contributed by atoms with E-state index in [1.807, 2.05) is 28.0 Å². The van der Waals surface area contributed by atoms with Crippen LogP contribution in [0.15, 0.2) is 24.4 Å². The highest BCUT2D eigenvalue weighted by atomic mass is 16.5. The van der Waals surface area contributed by atoms with Gasteiger partial charge in [0.25, 0.3) is 5.91 Å². The molecule has 0 spiro atoms. The van der Waals surface area contributed by atoms with E-state index in [9.17, 15) is 9.59 Å². The molecule has 2 aliphatic heterocycles. The minimum Gasteiger partial charge on any atom is -0.497 e. The minimum atomic E-state index is -0.0267. The molecular formula is C25H33N5O3. The molecule has 3 aliphatic rings. The second kappa shape index (κ2) is 9.17. The zero-order chi connectivity index (χ0) is 22.9. The summed E-state index contributed by atoms with van der Waals surface area (Å²) in [5.74, 6) is 1.19. The van der Waals surface area contributed by atoms with Crippen molar-refractivity contribution in [3.05, 3.63) is 30.0 Å². The molecule has 8 heteroatoms. The van der Waals surface area contributed by atoms with Crippen LogP contribution < -0.4 is 10.1 Å². The molecule has 2 aromatic rings. The maximum atomic E-state index is 13.6. The highest BCUT2D eigenvalue weighted by molar-refractivity contribution is 6.07. The van der Waals surface area contributed by atoms with Crippen molar-refractivity contribution in [3.63, 3.8) is 0 Å². The van der Waals surface area contributed by atoms with Crippen molar-refractivity contribution in [1.29, 1.82) is 0 Å². The van der Waals surface area contributed by atoms with E-state index < -0.39 is 0 Å². The van der Waals surface area contributed by atoms with Crippen LogP contribution >= 0.6 is 0 Å². The van der Waals surface area contributed by atoms with Gasteiger partial charge in [-0.25, -0.2) is 0 Å². The number of benzene rings is 1. The number of nitrogens with zero attached hydrogens (tertiary/aromatic N) is 4. The summed E-state index contributed by atoms with van der Waals surface area (Å²) >= 11 is 0. The third-order valence-electron chi connectivity index (χ3n) is 7.18. The third kappa shape index (κ3) is 4.62. The van der Waals surface area contributed by atoms with Crippen molar-refractivity contribution >= 4 is 28.4 Å². The van der Waals surface area contributed by atoms with Gasteiger partial charge in [-0.1, -0.05) is 0 Å². The van der Waals surface area contributed by atoms with Crippen LogP contribution in [-0.4, -0.2) is 91.0 Å². The fraction of sp³-hybridized carbons (Fsp3) is 0.560. The Hall–Kier alpha value is -2.87. The number of ether oxygens (including phenoxy) is 1. The number of hydrogen-bond acceptors (Lipinski definition) is 6. The summed E-state index contributed by atoms with van der Waals surface area (Å²) in [6.07, 6.45) is 5.78. The van der Waals surface area contributed by atoms with Crippen LogP contribution in [0.3, 0.4) is 0 Å². The quantitative estimate of drug-likeness (QED) is 0.753. The monoisotopic (exact) mass is 451 g/mol. The molecule has 176 valence electrons. The van der Waals surface area contributed by atoms with Crippen molar-refractivity contribution in [2.24, 2.45) is 5.92 Å². The zero-order valence-electron chi connectivity index (χ0n) is 19.5. The van der Waals surface area contributed by atoms with Gasteiger partial charge in [-0.3, -0.25) is 14.6 Å². The number of pyridine rings is 1. The number of aromatic nitrogens is 1. The Balaban J connectivity index is 1.41. The maximum Gasteiger partial charge on any atom is 0.257 e. The normalized spacial score (nSPS) is 20.2. The predicted octanol–water partition coefficient (Wildman–Crippen LogP) is 2.44. The van der Waals surface area contributed by atoms with Gasteiger partial charge in [0, 0.05) is 49.7 Å². The second-order valence-electron chi connectivity index (χ2n) is 9.54. The maximum absolute atomic E-state index is 13.6. The van der Waals surface area contributed by atoms with Crippen LogP contribution in [0.1, 0.15) is 36.0 Å². The lowest BCUT2D eigenvalue weighted by Crippen LogP contribution is -2.51. The van der Waals surface area contributed by atoms with Crippen LogP contribution in [0.4, 0.5) is 5.69 Å². The zero-order valence-corrected chi connectivity index (χ0v) is 19.5. The molecule has 0 bridgehead atoms. The van der Waals surface area contributed by atoms with Crippen molar-refractivity contribution in [2.75, 3.05) is 58.7 Å². The third-order valence-corrected chi connectivity index (χ3v) is 7.18. The van der Waals surface area contributed by atoms with Crippen molar-refractivity contribution in [3.8, 4) is 5.75 Å². The Bertz CT molecular complexity index is 1040.